The molecule has 0 saturated heterocycles. The molecule has 1 aliphatic rings. The number of nitrogens with zero attached hydrogens (tertiary/aromatic N) is 2. The normalized spacial score (nSPS) is 15.4. The molecule has 0 unspecified atom stereocenters. The molecule has 0 bridgehead atoms. The number of hydrogen-bond acceptors (Lipinski definition) is 4. The summed E-state index contributed by atoms with van der Waals surface area (Å²) >= 11 is 0. The molecule has 0 aromatic carbocycles. The van der Waals surface area contributed by atoms with Crippen LogP contribution in [0.2, 0.25) is 0 Å². The molecule has 0 aliphatic heterocycles. The third kappa shape index (κ3) is 4.27. The van der Waals surface area contributed by atoms with Crippen molar-refractivity contribution < 1.29 is 9.59 Å². The van der Waals surface area contributed by atoms with Crippen molar-refractivity contribution in [2.75, 3.05) is 27.2 Å². The molecule has 1 saturated carbocycles. The van der Waals surface area contributed by atoms with Crippen LogP contribution in [0.25, 0.3) is 0 Å². The van der Waals surface area contributed by atoms with Crippen LogP contribution in [-0.2, 0) is 16.1 Å². The van der Waals surface area contributed by atoms with Crippen molar-refractivity contribution in [3.05, 3.63) is 30.1 Å². The zero-order chi connectivity index (χ0) is 16.0. The lowest BCUT2D eigenvalue weighted by atomic mass is 10.0. The van der Waals surface area contributed by atoms with E-state index in [4.69, 9.17) is 0 Å². The fraction of sp³-hybridized carbons (Fsp3) is 0.562. The molecule has 1 aromatic rings. The van der Waals surface area contributed by atoms with Gasteiger partial charge in [0.2, 0.25) is 11.8 Å². The predicted molar refractivity (Wildman–Crippen MR) is 83.9 cm³/mol. The van der Waals surface area contributed by atoms with E-state index in [-0.39, 0.29) is 11.8 Å². The van der Waals surface area contributed by atoms with Crippen LogP contribution in [0.4, 0.5) is 0 Å². The summed E-state index contributed by atoms with van der Waals surface area (Å²) in [4.78, 5) is 30.5. The van der Waals surface area contributed by atoms with E-state index in [1.807, 2.05) is 26.2 Å². The quantitative estimate of drug-likeness (QED) is 0.543. The molecule has 0 radical (unpaired) electrons. The molecular formula is C16H24N4O2. The van der Waals surface area contributed by atoms with Gasteiger partial charge in [-0.3, -0.25) is 14.6 Å². The Morgan fingerprint density at radius 3 is 2.41 bits per heavy atom. The number of carbonyl (C=O) groups excluding carboxylic acids is 2. The fourth-order valence-electron chi connectivity index (χ4n) is 2.30. The van der Waals surface area contributed by atoms with E-state index in [1.54, 1.807) is 12.4 Å². The van der Waals surface area contributed by atoms with Crippen LogP contribution < -0.4 is 10.6 Å². The Labute approximate surface area is 131 Å². The van der Waals surface area contributed by atoms with Crippen LogP contribution in [0.3, 0.4) is 0 Å². The van der Waals surface area contributed by atoms with E-state index in [1.165, 1.54) is 0 Å². The Kier molecular flexibility index (Phi) is 5.49. The van der Waals surface area contributed by atoms with Gasteiger partial charge in [0.05, 0.1) is 0 Å². The van der Waals surface area contributed by atoms with Crippen LogP contribution in [0.15, 0.2) is 24.5 Å². The number of carbonyl (C=O) groups is 2. The highest BCUT2D eigenvalue weighted by Gasteiger charge is 2.56. The molecule has 1 aliphatic carbocycles. The van der Waals surface area contributed by atoms with E-state index in [9.17, 15) is 9.59 Å². The second-order valence-corrected chi connectivity index (χ2v) is 6.03. The number of aromatic nitrogens is 1. The highest BCUT2D eigenvalue weighted by molar-refractivity contribution is 6.07. The van der Waals surface area contributed by atoms with E-state index >= 15 is 0 Å². The first-order valence-electron chi connectivity index (χ1n) is 7.65. The van der Waals surface area contributed by atoms with Crippen molar-refractivity contribution in [1.82, 2.24) is 20.5 Å². The molecule has 2 amide bonds. The standard InChI is InChI=1S/C16H24N4O2/c1-20(2)11-3-8-18-14(21)16(6-7-16)15(22)19-12-13-4-9-17-10-5-13/h4-5,9-10H,3,6-8,11-12H2,1-2H3,(H,18,21)(H,19,22). The van der Waals surface area contributed by atoms with Gasteiger partial charge in [0.1, 0.15) is 5.41 Å². The van der Waals surface area contributed by atoms with Gasteiger partial charge in [-0.15, -0.1) is 0 Å². The first kappa shape index (κ1) is 16.4. The molecule has 2 rings (SSSR count). The summed E-state index contributed by atoms with van der Waals surface area (Å²) in [5.74, 6) is -0.312. The SMILES string of the molecule is CN(C)CCCNC(=O)C1(C(=O)NCc2ccncc2)CC1. The summed E-state index contributed by atoms with van der Waals surface area (Å²) in [5, 5.41) is 5.74. The summed E-state index contributed by atoms with van der Waals surface area (Å²) in [5.41, 5.74) is 0.135. The van der Waals surface area contributed by atoms with E-state index < -0.39 is 5.41 Å². The Balaban J connectivity index is 1.77. The average Bonchev–Trinajstić information content (AvgIpc) is 3.31. The topological polar surface area (TPSA) is 74.3 Å². The van der Waals surface area contributed by atoms with Gasteiger partial charge in [0.25, 0.3) is 0 Å². The minimum absolute atomic E-state index is 0.140. The van der Waals surface area contributed by atoms with Crippen molar-refractivity contribution in [2.24, 2.45) is 5.41 Å². The molecule has 22 heavy (non-hydrogen) atoms. The lowest BCUT2D eigenvalue weighted by Gasteiger charge is -2.16. The van der Waals surface area contributed by atoms with Crippen molar-refractivity contribution in [3.8, 4) is 0 Å². The Morgan fingerprint density at radius 1 is 1.18 bits per heavy atom. The number of pyridine rings is 1. The van der Waals surface area contributed by atoms with Crippen molar-refractivity contribution in [3.63, 3.8) is 0 Å². The third-order valence-corrected chi connectivity index (χ3v) is 3.89. The van der Waals surface area contributed by atoms with Crippen LogP contribution in [0.1, 0.15) is 24.8 Å². The summed E-state index contributed by atoms with van der Waals surface area (Å²) < 4.78 is 0. The zero-order valence-corrected chi connectivity index (χ0v) is 13.3. The Bertz CT molecular complexity index is 512. The lowest BCUT2D eigenvalue weighted by Crippen LogP contribution is -2.43. The van der Waals surface area contributed by atoms with Crippen LogP contribution in [-0.4, -0.2) is 48.9 Å². The second kappa shape index (κ2) is 7.35. The van der Waals surface area contributed by atoms with Gasteiger partial charge in [-0.05, 0) is 57.6 Å². The number of hydrogen-bond donors (Lipinski definition) is 2. The molecule has 120 valence electrons. The Hall–Kier alpha value is -1.95. The fourth-order valence-corrected chi connectivity index (χ4v) is 2.30. The van der Waals surface area contributed by atoms with E-state index in [0.717, 1.165) is 18.5 Å². The molecule has 6 nitrogen and oxygen atoms in total. The highest BCUT2D eigenvalue weighted by atomic mass is 16.2. The van der Waals surface area contributed by atoms with Gasteiger partial charge in [0, 0.05) is 25.5 Å². The van der Waals surface area contributed by atoms with Gasteiger partial charge in [-0.25, -0.2) is 0 Å². The summed E-state index contributed by atoms with van der Waals surface area (Å²) in [6.07, 6.45) is 5.52. The van der Waals surface area contributed by atoms with Crippen LogP contribution in [0, 0.1) is 5.41 Å². The molecule has 2 N–H and O–H groups in total. The molecule has 1 aromatic heterocycles. The number of rotatable bonds is 8. The van der Waals surface area contributed by atoms with Gasteiger partial charge < -0.3 is 15.5 Å². The molecule has 0 atom stereocenters. The van der Waals surface area contributed by atoms with Gasteiger partial charge >= 0.3 is 0 Å². The van der Waals surface area contributed by atoms with Crippen molar-refractivity contribution >= 4 is 11.8 Å². The smallest absolute Gasteiger partial charge is 0.235 e. The van der Waals surface area contributed by atoms with Crippen molar-refractivity contribution in [1.29, 1.82) is 0 Å². The summed E-state index contributed by atoms with van der Waals surface area (Å²) in [6.45, 7) is 1.95. The largest absolute Gasteiger partial charge is 0.355 e. The second-order valence-electron chi connectivity index (χ2n) is 6.03. The first-order valence-corrected chi connectivity index (χ1v) is 7.65. The molecular weight excluding hydrogens is 280 g/mol. The third-order valence-electron chi connectivity index (χ3n) is 3.89. The van der Waals surface area contributed by atoms with Gasteiger partial charge in [0.15, 0.2) is 0 Å². The first-order chi connectivity index (χ1) is 10.5. The molecule has 0 spiro atoms. The minimum Gasteiger partial charge on any atom is -0.355 e. The lowest BCUT2D eigenvalue weighted by molar-refractivity contribution is -0.137. The highest BCUT2D eigenvalue weighted by Crippen LogP contribution is 2.46. The maximum absolute atomic E-state index is 12.3. The maximum Gasteiger partial charge on any atom is 0.235 e. The number of nitrogens with one attached hydrogen (secondary N) is 2. The maximum atomic E-state index is 12.3. The monoisotopic (exact) mass is 304 g/mol. The van der Waals surface area contributed by atoms with Gasteiger partial charge in [-0.2, -0.15) is 0 Å². The van der Waals surface area contributed by atoms with Crippen LogP contribution in [0.5, 0.6) is 0 Å². The van der Waals surface area contributed by atoms with Crippen molar-refractivity contribution in [2.45, 2.75) is 25.8 Å². The minimum atomic E-state index is -0.842. The van der Waals surface area contributed by atoms with E-state index in [0.29, 0.717) is 25.9 Å². The average molecular weight is 304 g/mol. The van der Waals surface area contributed by atoms with E-state index in [2.05, 4.69) is 20.5 Å². The molecule has 1 heterocycles. The van der Waals surface area contributed by atoms with Crippen LogP contribution >= 0.6 is 0 Å². The number of amides is 2. The predicted octanol–water partition coefficient (Wildman–Crippen LogP) is 0.546. The van der Waals surface area contributed by atoms with Gasteiger partial charge in [-0.1, -0.05) is 0 Å². The Morgan fingerprint density at radius 2 is 1.82 bits per heavy atom. The summed E-state index contributed by atoms with van der Waals surface area (Å²) in [7, 11) is 3.99. The molecule has 1 fully saturated rings. The molecule has 6 heteroatoms. The summed E-state index contributed by atoms with van der Waals surface area (Å²) in [6, 6.07) is 3.70. The zero-order valence-electron chi connectivity index (χ0n) is 13.3.